The topological polar surface area (TPSA) is 56.7 Å². The van der Waals surface area contributed by atoms with Crippen LogP contribution in [0.3, 0.4) is 0 Å². The first-order chi connectivity index (χ1) is 8.94. The van der Waals surface area contributed by atoms with Gasteiger partial charge in [0.2, 0.25) is 0 Å². The monoisotopic (exact) mass is 263 g/mol. The Morgan fingerprint density at radius 2 is 2.05 bits per heavy atom. The minimum Gasteiger partial charge on any atom is -0.506 e. The molecule has 1 saturated carbocycles. The first-order valence-corrected chi connectivity index (χ1v) is 6.51. The number of rotatable bonds is 4. The van der Waals surface area contributed by atoms with Crippen molar-refractivity contribution in [3.05, 3.63) is 24.0 Å². The van der Waals surface area contributed by atoms with E-state index in [-0.39, 0.29) is 17.2 Å². The third kappa shape index (κ3) is 2.71. The van der Waals surface area contributed by atoms with Gasteiger partial charge in [-0.2, -0.15) is 0 Å². The summed E-state index contributed by atoms with van der Waals surface area (Å²) in [5.41, 5.74) is 0.532. The van der Waals surface area contributed by atoms with Gasteiger partial charge in [0, 0.05) is 25.3 Å². The molecule has 0 aromatic carbocycles. The smallest absolute Gasteiger partial charge is 0.255 e. The maximum atomic E-state index is 12.3. The van der Waals surface area contributed by atoms with E-state index in [1.54, 1.807) is 11.9 Å². The standard InChI is InChI=1S/C14H21N3O2/c1-16(2)14(5-4-6-14)10-17(3)13(19)11-7-12(18)9-15-8-11/h7-9,18H,4-6,10H2,1-3H3. The number of hydrogen-bond donors (Lipinski definition) is 1. The van der Waals surface area contributed by atoms with Crippen molar-refractivity contribution >= 4 is 5.91 Å². The summed E-state index contributed by atoms with van der Waals surface area (Å²) in [5.74, 6) is -0.0817. The quantitative estimate of drug-likeness (QED) is 0.890. The van der Waals surface area contributed by atoms with Crippen molar-refractivity contribution in [3.8, 4) is 5.75 Å². The lowest BCUT2D eigenvalue weighted by Gasteiger charge is -2.49. The molecule has 0 atom stereocenters. The van der Waals surface area contributed by atoms with E-state index in [1.807, 2.05) is 0 Å². The second kappa shape index (κ2) is 5.17. The predicted molar refractivity (Wildman–Crippen MR) is 73.1 cm³/mol. The van der Waals surface area contributed by atoms with E-state index in [0.29, 0.717) is 12.1 Å². The largest absolute Gasteiger partial charge is 0.506 e. The molecule has 1 aromatic rings. The van der Waals surface area contributed by atoms with Crippen molar-refractivity contribution in [2.24, 2.45) is 0 Å². The molecule has 0 aliphatic heterocycles. The van der Waals surface area contributed by atoms with Crippen LogP contribution in [0.1, 0.15) is 29.6 Å². The van der Waals surface area contributed by atoms with E-state index >= 15 is 0 Å². The molecule has 0 spiro atoms. The molecule has 0 radical (unpaired) electrons. The summed E-state index contributed by atoms with van der Waals surface area (Å²) in [6, 6.07) is 1.45. The van der Waals surface area contributed by atoms with E-state index < -0.39 is 0 Å². The summed E-state index contributed by atoms with van der Waals surface area (Å²) in [5, 5.41) is 9.38. The Morgan fingerprint density at radius 3 is 2.53 bits per heavy atom. The van der Waals surface area contributed by atoms with Crippen LogP contribution in [0.2, 0.25) is 0 Å². The first kappa shape index (κ1) is 13.8. The van der Waals surface area contributed by atoms with Crippen LogP contribution < -0.4 is 0 Å². The number of hydrogen-bond acceptors (Lipinski definition) is 4. The highest BCUT2D eigenvalue weighted by atomic mass is 16.3. The second-order valence-electron chi connectivity index (χ2n) is 5.57. The van der Waals surface area contributed by atoms with Gasteiger partial charge in [0.05, 0.1) is 11.8 Å². The van der Waals surface area contributed by atoms with Crippen LogP contribution in [-0.4, -0.2) is 59.0 Å². The van der Waals surface area contributed by atoms with Crippen LogP contribution >= 0.6 is 0 Å². The third-order valence-electron chi connectivity index (χ3n) is 4.08. The molecule has 5 nitrogen and oxygen atoms in total. The SMILES string of the molecule is CN(CC1(N(C)C)CCC1)C(=O)c1cncc(O)c1. The van der Waals surface area contributed by atoms with Gasteiger partial charge in [0.15, 0.2) is 0 Å². The fraction of sp³-hybridized carbons (Fsp3) is 0.571. The number of aromatic hydroxyl groups is 1. The van der Waals surface area contributed by atoms with Crippen LogP contribution in [0.15, 0.2) is 18.5 Å². The Bertz CT molecular complexity index is 470. The Balaban J connectivity index is 2.07. The van der Waals surface area contributed by atoms with E-state index in [1.165, 1.54) is 24.9 Å². The molecule has 0 saturated heterocycles. The summed E-state index contributed by atoms with van der Waals surface area (Å²) in [6.45, 7) is 0.703. The summed E-state index contributed by atoms with van der Waals surface area (Å²) in [7, 11) is 5.93. The molecule has 2 rings (SSSR count). The lowest BCUT2D eigenvalue weighted by molar-refractivity contribution is 0.0252. The van der Waals surface area contributed by atoms with Gasteiger partial charge >= 0.3 is 0 Å². The highest BCUT2D eigenvalue weighted by Gasteiger charge is 2.40. The number of likely N-dealkylation sites (N-methyl/N-ethyl adjacent to an activating group) is 2. The molecule has 19 heavy (non-hydrogen) atoms. The third-order valence-corrected chi connectivity index (χ3v) is 4.08. The zero-order valence-corrected chi connectivity index (χ0v) is 11.8. The number of carbonyl (C=O) groups excluding carboxylic acids is 1. The van der Waals surface area contributed by atoms with Crippen LogP contribution in [0.5, 0.6) is 5.75 Å². The molecule has 104 valence electrons. The lowest BCUT2D eigenvalue weighted by atomic mass is 9.75. The predicted octanol–water partition coefficient (Wildman–Crippen LogP) is 1.34. The molecule has 0 bridgehead atoms. The fourth-order valence-corrected chi connectivity index (χ4v) is 2.61. The Hall–Kier alpha value is -1.62. The molecule has 1 N–H and O–H groups in total. The number of carbonyl (C=O) groups is 1. The van der Waals surface area contributed by atoms with E-state index in [0.717, 1.165) is 12.8 Å². The van der Waals surface area contributed by atoms with Crippen molar-refractivity contribution in [1.29, 1.82) is 0 Å². The van der Waals surface area contributed by atoms with Crippen molar-refractivity contribution in [2.75, 3.05) is 27.7 Å². The lowest BCUT2D eigenvalue weighted by Crippen LogP contribution is -2.57. The maximum absolute atomic E-state index is 12.3. The van der Waals surface area contributed by atoms with Crippen LogP contribution in [0.4, 0.5) is 0 Å². The average molecular weight is 263 g/mol. The summed E-state index contributed by atoms with van der Waals surface area (Å²) in [4.78, 5) is 20.1. The number of aromatic nitrogens is 1. The number of amides is 1. The van der Waals surface area contributed by atoms with Crippen LogP contribution in [-0.2, 0) is 0 Å². The zero-order valence-electron chi connectivity index (χ0n) is 11.8. The van der Waals surface area contributed by atoms with Gasteiger partial charge in [-0.05, 0) is 39.4 Å². The Labute approximate surface area is 113 Å². The molecule has 1 aliphatic carbocycles. The molecule has 1 fully saturated rings. The first-order valence-electron chi connectivity index (χ1n) is 6.51. The van der Waals surface area contributed by atoms with Crippen molar-refractivity contribution in [1.82, 2.24) is 14.8 Å². The fourth-order valence-electron chi connectivity index (χ4n) is 2.61. The van der Waals surface area contributed by atoms with Gasteiger partial charge in [0.1, 0.15) is 5.75 Å². The molecular formula is C14H21N3O2. The highest BCUT2D eigenvalue weighted by Crippen LogP contribution is 2.36. The minimum atomic E-state index is -0.100. The average Bonchev–Trinajstić information content (AvgIpc) is 2.32. The minimum absolute atomic E-state index is 0.0187. The van der Waals surface area contributed by atoms with Gasteiger partial charge in [-0.3, -0.25) is 9.78 Å². The molecular weight excluding hydrogens is 242 g/mol. The van der Waals surface area contributed by atoms with Gasteiger partial charge in [0.25, 0.3) is 5.91 Å². The van der Waals surface area contributed by atoms with E-state index in [2.05, 4.69) is 24.0 Å². The van der Waals surface area contributed by atoms with Gasteiger partial charge < -0.3 is 14.9 Å². The highest BCUT2D eigenvalue weighted by molar-refractivity contribution is 5.94. The summed E-state index contributed by atoms with van der Waals surface area (Å²) < 4.78 is 0. The molecule has 1 heterocycles. The van der Waals surface area contributed by atoms with Crippen molar-refractivity contribution in [2.45, 2.75) is 24.8 Å². The van der Waals surface area contributed by atoms with Gasteiger partial charge in [-0.15, -0.1) is 0 Å². The molecule has 5 heteroatoms. The summed E-state index contributed by atoms with van der Waals surface area (Å²) in [6.07, 6.45) is 6.27. The summed E-state index contributed by atoms with van der Waals surface area (Å²) >= 11 is 0. The van der Waals surface area contributed by atoms with Crippen molar-refractivity contribution in [3.63, 3.8) is 0 Å². The molecule has 0 unspecified atom stereocenters. The Morgan fingerprint density at radius 1 is 1.37 bits per heavy atom. The normalized spacial score (nSPS) is 17.1. The van der Waals surface area contributed by atoms with E-state index in [9.17, 15) is 9.90 Å². The van der Waals surface area contributed by atoms with Crippen LogP contribution in [0.25, 0.3) is 0 Å². The molecule has 1 amide bonds. The number of nitrogens with zero attached hydrogens (tertiary/aromatic N) is 3. The second-order valence-corrected chi connectivity index (χ2v) is 5.57. The Kier molecular flexibility index (Phi) is 3.75. The van der Waals surface area contributed by atoms with Gasteiger partial charge in [-0.25, -0.2) is 0 Å². The van der Waals surface area contributed by atoms with Crippen LogP contribution in [0, 0.1) is 0 Å². The van der Waals surface area contributed by atoms with Crippen molar-refractivity contribution < 1.29 is 9.90 Å². The molecule has 1 aliphatic rings. The maximum Gasteiger partial charge on any atom is 0.255 e. The number of pyridine rings is 1. The van der Waals surface area contributed by atoms with Gasteiger partial charge in [-0.1, -0.05) is 0 Å². The van der Waals surface area contributed by atoms with E-state index in [4.69, 9.17) is 0 Å². The molecule has 1 aromatic heterocycles. The zero-order chi connectivity index (χ0) is 14.0.